The summed E-state index contributed by atoms with van der Waals surface area (Å²) in [5, 5.41) is 8.46. The molecular weight excluding hydrogens is 194 g/mol. The molecule has 0 rings (SSSR count). The van der Waals surface area contributed by atoms with Gasteiger partial charge in [-0.05, 0) is 12.3 Å². The normalized spacial score (nSPS) is 12.6. The van der Waals surface area contributed by atoms with Crippen molar-refractivity contribution in [1.82, 2.24) is 4.90 Å². The molecule has 0 aliphatic rings. The lowest BCUT2D eigenvalue weighted by atomic mass is 9.97. The fourth-order valence-corrected chi connectivity index (χ4v) is 1.21. The third-order valence-electron chi connectivity index (χ3n) is 2.65. The van der Waals surface area contributed by atoms with Crippen molar-refractivity contribution in [2.24, 2.45) is 11.8 Å². The molecule has 1 N–H and O–H groups in total. The molecule has 88 valence electrons. The van der Waals surface area contributed by atoms with E-state index in [1.165, 1.54) is 0 Å². The zero-order valence-corrected chi connectivity index (χ0v) is 9.99. The Morgan fingerprint density at radius 1 is 1.27 bits per heavy atom. The van der Waals surface area contributed by atoms with Crippen molar-refractivity contribution in [3.8, 4) is 0 Å². The van der Waals surface area contributed by atoms with Crippen LogP contribution in [-0.2, 0) is 9.59 Å². The summed E-state index contributed by atoms with van der Waals surface area (Å²) in [7, 11) is 1.73. The summed E-state index contributed by atoms with van der Waals surface area (Å²) >= 11 is 0. The van der Waals surface area contributed by atoms with Gasteiger partial charge in [-0.15, -0.1) is 0 Å². The van der Waals surface area contributed by atoms with E-state index < -0.39 is 5.97 Å². The van der Waals surface area contributed by atoms with Gasteiger partial charge in [0.15, 0.2) is 0 Å². The van der Waals surface area contributed by atoms with Gasteiger partial charge in [0.2, 0.25) is 5.91 Å². The minimum Gasteiger partial charge on any atom is -0.481 e. The Labute approximate surface area is 91.3 Å². The Bertz CT molecular complexity index is 226. The van der Waals surface area contributed by atoms with E-state index in [1.807, 2.05) is 20.8 Å². The number of hydrogen-bond donors (Lipinski definition) is 1. The molecule has 15 heavy (non-hydrogen) atoms. The number of amides is 1. The van der Waals surface area contributed by atoms with Gasteiger partial charge in [-0.2, -0.15) is 0 Å². The fourth-order valence-electron chi connectivity index (χ4n) is 1.21. The lowest BCUT2D eigenvalue weighted by molar-refractivity contribution is -0.139. The van der Waals surface area contributed by atoms with Gasteiger partial charge in [0.05, 0.1) is 0 Å². The quantitative estimate of drug-likeness (QED) is 0.732. The van der Waals surface area contributed by atoms with Crippen LogP contribution in [0.15, 0.2) is 0 Å². The van der Waals surface area contributed by atoms with E-state index in [2.05, 4.69) is 0 Å². The lowest BCUT2D eigenvalue weighted by Gasteiger charge is -2.23. The van der Waals surface area contributed by atoms with Crippen LogP contribution in [0.3, 0.4) is 0 Å². The molecule has 0 saturated heterocycles. The lowest BCUT2D eigenvalue weighted by Crippen LogP contribution is -2.34. The molecule has 1 amide bonds. The van der Waals surface area contributed by atoms with Gasteiger partial charge in [-0.25, -0.2) is 0 Å². The zero-order chi connectivity index (χ0) is 12.0. The predicted octanol–water partition coefficient (Wildman–Crippen LogP) is 1.60. The van der Waals surface area contributed by atoms with Crippen molar-refractivity contribution < 1.29 is 14.7 Å². The van der Waals surface area contributed by atoms with E-state index >= 15 is 0 Å². The SMILES string of the molecule is CC(C)C(C)C(=O)N(C)CCCC(=O)O. The van der Waals surface area contributed by atoms with Crippen molar-refractivity contribution >= 4 is 11.9 Å². The molecule has 0 radical (unpaired) electrons. The topological polar surface area (TPSA) is 57.6 Å². The Balaban J connectivity index is 3.94. The minimum absolute atomic E-state index is 0.000159. The van der Waals surface area contributed by atoms with Crippen molar-refractivity contribution in [3.05, 3.63) is 0 Å². The largest absolute Gasteiger partial charge is 0.481 e. The Hall–Kier alpha value is -1.06. The van der Waals surface area contributed by atoms with Crippen LogP contribution >= 0.6 is 0 Å². The highest BCUT2D eigenvalue weighted by molar-refractivity contribution is 5.78. The molecule has 0 heterocycles. The van der Waals surface area contributed by atoms with Gasteiger partial charge in [0.25, 0.3) is 0 Å². The summed E-state index contributed by atoms with van der Waals surface area (Å²) in [6.07, 6.45) is 0.635. The average Bonchev–Trinajstić information content (AvgIpc) is 2.14. The summed E-state index contributed by atoms with van der Waals surface area (Å²) in [5.41, 5.74) is 0. The average molecular weight is 215 g/mol. The van der Waals surface area contributed by atoms with E-state index in [-0.39, 0.29) is 18.2 Å². The fraction of sp³-hybridized carbons (Fsp3) is 0.818. The van der Waals surface area contributed by atoms with E-state index in [0.29, 0.717) is 18.9 Å². The highest BCUT2D eigenvalue weighted by atomic mass is 16.4. The van der Waals surface area contributed by atoms with E-state index in [9.17, 15) is 9.59 Å². The maximum Gasteiger partial charge on any atom is 0.303 e. The van der Waals surface area contributed by atoms with E-state index in [1.54, 1.807) is 11.9 Å². The highest BCUT2D eigenvalue weighted by Gasteiger charge is 2.19. The van der Waals surface area contributed by atoms with Gasteiger partial charge in [-0.1, -0.05) is 20.8 Å². The predicted molar refractivity (Wildman–Crippen MR) is 58.5 cm³/mol. The second kappa shape index (κ2) is 6.43. The van der Waals surface area contributed by atoms with Gasteiger partial charge in [0, 0.05) is 25.9 Å². The molecule has 0 saturated carbocycles. The number of carboxylic acids is 1. The van der Waals surface area contributed by atoms with E-state index in [0.717, 1.165) is 0 Å². The van der Waals surface area contributed by atoms with Crippen LogP contribution in [0.25, 0.3) is 0 Å². The summed E-state index contributed by atoms with van der Waals surface area (Å²) < 4.78 is 0. The zero-order valence-electron chi connectivity index (χ0n) is 9.99. The highest BCUT2D eigenvalue weighted by Crippen LogP contribution is 2.12. The molecular formula is C11H21NO3. The first-order valence-corrected chi connectivity index (χ1v) is 5.33. The third kappa shape index (κ3) is 5.40. The maximum atomic E-state index is 11.7. The summed E-state index contributed by atoms with van der Waals surface area (Å²) in [4.78, 5) is 23.6. The van der Waals surface area contributed by atoms with Gasteiger partial charge < -0.3 is 10.0 Å². The number of carboxylic acid groups (broad SMARTS) is 1. The van der Waals surface area contributed by atoms with Crippen molar-refractivity contribution in [2.75, 3.05) is 13.6 Å². The molecule has 4 heteroatoms. The standard InChI is InChI=1S/C11H21NO3/c1-8(2)9(3)11(15)12(4)7-5-6-10(13)14/h8-9H,5-7H2,1-4H3,(H,13,14). The number of carbonyl (C=O) groups is 2. The van der Waals surface area contributed by atoms with Gasteiger partial charge in [0.1, 0.15) is 0 Å². The first-order valence-electron chi connectivity index (χ1n) is 5.33. The first kappa shape index (κ1) is 13.9. The van der Waals surface area contributed by atoms with Crippen LogP contribution in [0.2, 0.25) is 0 Å². The Morgan fingerprint density at radius 2 is 1.80 bits per heavy atom. The van der Waals surface area contributed by atoms with Gasteiger partial charge in [-0.3, -0.25) is 9.59 Å². The maximum absolute atomic E-state index is 11.7. The molecule has 0 aliphatic carbocycles. The third-order valence-corrected chi connectivity index (χ3v) is 2.65. The summed E-state index contributed by atoms with van der Waals surface area (Å²) in [6.45, 7) is 6.43. The number of rotatable bonds is 6. The van der Waals surface area contributed by atoms with Crippen LogP contribution < -0.4 is 0 Å². The molecule has 0 aromatic heterocycles. The molecule has 0 spiro atoms. The number of hydrogen-bond acceptors (Lipinski definition) is 2. The molecule has 0 aromatic carbocycles. The Kier molecular flexibility index (Phi) is 5.97. The number of carbonyl (C=O) groups excluding carboxylic acids is 1. The smallest absolute Gasteiger partial charge is 0.303 e. The summed E-state index contributed by atoms with van der Waals surface area (Å²) in [5.74, 6) is -0.401. The molecule has 1 unspecified atom stereocenters. The molecule has 0 aliphatic heterocycles. The first-order chi connectivity index (χ1) is 6.86. The van der Waals surface area contributed by atoms with E-state index in [4.69, 9.17) is 5.11 Å². The molecule has 1 atom stereocenters. The number of nitrogens with zero attached hydrogens (tertiary/aromatic N) is 1. The van der Waals surface area contributed by atoms with Crippen molar-refractivity contribution in [3.63, 3.8) is 0 Å². The van der Waals surface area contributed by atoms with Crippen LogP contribution in [0, 0.1) is 11.8 Å². The van der Waals surface area contributed by atoms with Crippen LogP contribution in [-0.4, -0.2) is 35.5 Å². The molecule has 0 bridgehead atoms. The number of aliphatic carboxylic acids is 1. The van der Waals surface area contributed by atoms with Crippen LogP contribution in [0.4, 0.5) is 0 Å². The second-order valence-electron chi connectivity index (χ2n) is 4.29. The monoisotopic (exact) mass is 215 g/mol. The van der Waals surface area contributed by atoms with Gasteiger partial charge >= 0.3 is 5.97 Å². The Morgan fingerprint density at radius 3 is 2.20 bits per heavy atom. The molecule has 0 aromatic rings. The van der Waals surface area contributed by atoms with Crippen LogP contribution in [0.5, 0.6) is 0 Å². The van der Waals surface area contributed by atoms with Crippen LogP contribution in [0.1, 0.15) is 33.6 Å². The minimum atomic E-state index is -0.812. The second-order valence-corrected chi connectivity index (χ2v) is 4.29. The van der Waals surface area contributed by atoms with Crippen molar-refractivity contribution in [1.29, 1.82) is 0 Å². The molecule has 4 nitrogen and oxygen atoms in total. The molecule has 0 fully saturated rings. The summed E-state index contributed by atoms with van der Waals surface area (Å²) in [6, 6.07) is 0. The van der Waals surface area contributed by atoms with Crippen molar-refractivity contribution in [2.45, 2.75) is 33.6 Å².